The molecular weight excluding hydrogens is 373 g/mol. The number of hydrogen-bond donors (Lipinski definition) is 1. The number of carbonyl (C=O) groups is 3. The summed E-state index contributed by atoms with van der Waals surface area (Å²) in [4.78, 5) is 34.9. The molecule has 5 nitrogen and oxygen atoms in total. The number of benzene rings is 2. The van der Waals surface area contributed by atoms with Crippen molar-refractivity contribution in [2.45, 2.75) is 19.8 Å². The van der Waals surface area contributed by atoms with E-state index in [0.717, 1.165) is 24.5 Å². The first-order valence-corrected chi connectivity index (χ1v) is 8.74. The van der Waals surface area contributed by atoms with Gasteiger partial charge in [-0.25, -0.2) is 9.18 Å². The third-order valence-electron chi connectivity index (χ3n) is 3.79. The minimum Gasteiger partial charge on any atom is -0.454 e. The summed E-state index contributed by atoms with van der Waals surface area (Å²) in [5.74, 6) is -2.26. The van der Waals surface area contributed by atoms with Crippen LogP contribution in [0.2, 0.25) is 5.02 Å². The van der Waals surface area contributed by atoms with Crippen molar-refractivity contribution >= 4 is 29.3 Å². The van der Waals surface area contributed by atoms with Crippen LogP contribution in [-0.4, -0.2) is 30.8 Å². The first kappa shape index (κ1) is 20.6. The molecule has 7 heteroatoms. The van der Waals surface area contributed by atoms with E-state index in [4.69, 9.17) is 16.3 Å². The highest BCUT2D eigenvalue weighted by Crippen LogP contribution is 2.20. The Morgan fingerprint density at radius 3 is 2.44 bits per heavy atom. The van der Waals surface area contributed by atoms with Gasteiger partial charge in [0.15, 0.2) is 12.4 Å². The average Bonchev–Trinajstić information content (AvgIpc) is 2.63. The zero-order valence-electron chi connectivity index (χ0n) is 14.8. The summed E-state index contributed by atoms with van der Waals surface area (Å²) in [7, 11) is 0. The number of amides is 1. The van der Waals surface area contributed by atoms with Gasteiger partial charge in [-0.15, -0.1) is 0 Å². The van der Waals surface area contributed by atoms with Gasteiger partial charge in [0.1, 0.15) is 11.4 Å². The van der Waals surface area contributed by atoms with Crippen LogP contribution in [0, 0.1) is 5.82 Å². The van der Waals surface area contributed by atoms with Crippen molar-refractivity contribution in [3.63, 3.8) is 0 Å². The predicted molar refractivity (Wildman–Crippen MR) is 99.5 cm³/mol. The molecule has 0 heterocycles. The lowest BCUT2D eigenvalue weighted by Crippen LogP contribution is -2.21. The molecule has 0 saturated heterocycles. The maximum Gasteiger partial charge on any atom is 0.343 e. The summed E-state index contributed by atoms with van der Waals surface area (Å²) in [5, 5.41) is 2.64. The Balaban J connectivity index is 1.87. The van der Waals surface area contributed by atoms with Crippen LogP contribution in [0.1, 0.15) is 39.6 Å². The van der Waals surface area contributed by atoms with Crippen LogP contribution < -0.4 is 5.32 Å². The number of ether oxygens (including phenoxy) is 1. The lowest BCUT2D eigenvalue weighted by atomic mass is 10.1. The molecule has 0 radical (unpaired) electrons. The van der Waals surface area contributed by atoms with Crippen molar-refractivity contribution in [3.8, 4) is 0 Å². The summed E-state index contributed by atoms with van der Waals surface area (Å²) in [6.07, 6.45) is 1.55. The van der Waals surface area contributed by atoms with Gasteiger partial charge in [0.2, 0.25) is 5.91 Å². The van der Waals surface area contributed by atoms with Gasteiger partial charge in [0.25, 0.3) is 0 Å². The molecule has 0 fully saturated rings. The standard InChI is InChI=1S/C20H19ClFNO4/c1-13(24)23-11-3-4-14-7-9-15(10-8-14)18(25)12-27-20(26)19-16(21)5-2-6-17(19)22/h2,5-10H,3-4,11-12H2,1H3,(H,23,24). The number of ketones is 1. The van der Waals surface area contributed by atoms with Gasteiger partial charge < -0.3 is 10.1 Å². The van der Waals surface area contributed by atoms with Gasteiger partial charge in [0.05, 0.1) is 5.02 Å². The Morgan fingerprint density at radius 1 is 1.11 bits per heavy atom. The minimum atomic E-state index is -0.985. The summed E-state index contributed by atoms with van der Waals surface area (Å²) >= 11 is 5.79. The van der Waals surface area contributed by atoms with Crippen molar-refractivity contribution in [1.82, 2.24) is 5.32 Å². The molecule has 1 amide bonds. The monoisotopic (exact) mass is 391 g/mol. The van der Waals surface area contributed by atoms with Crippen molar-refractivity contribution in [2.24, 2.45) is 0 Å². The molecule has 0 spiro atoms. The van der Waals surface area contributed by atoms with Crippen molar-refractivity contribution in [1.29, 1.82) is 0 Å². The van der Waals surface area contributed by atoms with E-state index in [0.29, 0.717) is 12.1 Å². The molecule has 2 aromatic carbocycles. The highest BCUT2D eigenvalue weighted by Gasteiger charge is 2.18. The molecule has 2 rings (SSSR count). The van der Waals surface area contributed by atoms with E-state index >= 15 is 0 Å². The number of nitrogens with one attached hydrogen (secondary N) is 1. The Bertz CT molecular complexity index is 816. The fourth-order valence-corrected chi connectivity index (χ4v) is 2.63. The van der Waals surface area contributed by atoms with E-state index in [1.165, 1.54) is 19.1 Å². The van der Waals surface area contributed by atoms with E-state index in [-0.39, 0.29) is 16.5 Å². The first-order chi connectivity index (χ1) is 12.9. The molecule has 142 valence electrons. The van der Waals surface area contributed by atoms with Crippen LogP contribution in [0.3, 0.4) is 0 Å². The van der Waals surface area contributed by atoms with Crippen molar-refractivity contribution in [3.05, 3.63) is 70.0 Å². The third kappa shape index (κ3) is 6.18. The molecule has 0 bridgehead atoms. The van der Waals surface area contributed by atoms with Crippen LogP contribution >= 0.6 is 11.6 Å². The van der Waals surface area contributed by atoms with Crippen molar-refractivity contribution in [2.75, 3.05) is 13.2 Å². The fourth-order valence-electron chi connectivity index (χ4n) is 2.39. The average molecular weight is 392 g/mol. The second-order valence-electron chi connectivity index (χ2n) is 5.88. The highest BCUT2D eigenvalue weighted by molar-refractivity contribution is 6.33. The normalized spacial score (nSPS) is 10.3. The Morgan fingerprint density at radius 2 is 1.81 bits per heavy atom. The van der Waals surface area contributed by atoms with Gasteiger partial charge >= 0.3 is 5.97 Å². The van der Waals surface area contributed by atoms with Crippen LogP contribution in [-0.2, 0) is 16.0 Å². The summed E-state index contributed by atoms with van der Waals surface area (Å²) in [5.41, 5.74) is 1.02. The molecule has 0 unspecified atom stereocenters. The number of esters is 1. The van der Waals surface area contributed by atoms with Gasteiger partial charge in [-0.2, -0.15) is 0 Å². The minimum absolute atomic E-state index is 0.0674. The van der Waals surface area contributed by atoms with E-state index < -0.39 is 24.2 Å². The molecule has 0 aliphatic rings. The Labute approximate surface area is 161 Å². The van der Waals surface area contributed by atoms with Crippen molar-refractivity contribution < 1.29 is 23.5 Å². The maximum atomic E-state index is 13.7. The first-order valence-electron chi connectivity index (χ1n) is 8.36. The van der Waals surface area contributed by atoms with Crippen LogP contribution in [0.25, 0.3) is 0 Å². The lowest BCUT2D eigenvalue weighted by Gasteiger charge is -2.07. The second kappa shape index (κ2) is 9.83. The van der Waals surface area contributed by atoms with Gasteiger partial charge in [-0.3, -0.25) is 9.59 Å². The number of carbonyl (C=O) groups excluding carboxylic acids is 3. The largest absolute Gasteiger partial charge is 0.454 e. The summed E-state index contributed by atoms with van der Waals surface area (Å²) < 4.78 is 18.6. The molecule has 0 saturated carbocycles. The van der Waals surface area contributed by atoms with E-state index in [9.17, 15) is 18.8 Å². The number of rotatable bonds is 8. The Hall–Kier alpha value is -2.73. The topological polar surface area (TPSA) is 72.5 Å². The van der Waals surface area contributed by atoms with E-state index in [1.807, 2.05) is 0 Å². The second-order valence-corrected chi connectivity index (χ2v) is 6.29. The van der Waals surface area contributed by atoms with Gasteiger partial charge in [0, 0.05) is 19.0 Å². The molecule has 1 N–H and O–H groups in total. The molecule has 2 aromatic rings. The number of Topliss-reactive ketones (excluding diaryl/α,β-unsaturated/α-hetero) is 1. The zero-order chi connectivity index (χ0) is 19.8. The molecular formula is C20H19ClFNO4. The van der Waals surface area contributed by atoms with Gasteiger partial charge in [-0.1, -0.05) is 41.9 Å². The zero-order valence-corrected chi connectivity index (χ0v) is 15.5. The smallest absolute Gasteiger partial charge is 0.343 e. The fraction of sp³-hybridized carbons (Fsp3) is 0.250. The molecule has 0 aliphatic heterocycles. The highest BCUT2D eigenvalue weighted by atomic mass is 35.5. The molecule has 0 atom stereocenters. The van der Waals surface area contributed by atoms with Crippen LogP contribution in [0.4, 0.5) is 4.39 Å². The third-order valence-corrected chi connectivity index (χ3v) is 4.11. The summed E-state index contributed by atoms with van der Waals surface area (Å²) in [6, 6.07) is 10.7. The van der Waals surface area contributed by atoms with E-state index in [2.05, 4.69) is 5.32 Å². The van der Waals surface area contributed by atoms with Crippen LogP contribution in [0.5, 0.6) is 0 Å². The predicted octanol–water partition coefficient (Wildman–Crippen LogP) is 3.59. The molecule has 27 heavy (non-hydrogen) atoms. The molecule has 0 aliphatic carbocycles. The van der Waals surface area contributed by atoms with Gasteiger partial charge in [-0.05, 0) is 30.5 Å². The van der Waals surface area contributed by atoms with Crippen LogP contribution in [0.15, 0.2) is 42.5 Å². The quantitative estimate of drug-likeness (QED) is 0.424. The SMILES string of the molecule is CC(=O)NCCCc1ccc(C(=O)COC(=O)c2c(F)cccc2Cl)cc1. The summed E-state index contributed by atoms with van der Waals surface area (Å²) in [6.45, 7) is 1.54. The number of aryl methyl sites for hydroxylation is 1. The Kier molecular flexibility index (Phi) is 7.49. The number of halogens is 2. The number of hydrogen-bond acceptors (Lipinski definition) is 4. The lowest BCUT2D eigenvalue weighted by molar-refractivity contribution is -0.118. The van der Waals surface area contributed by atoms with E-state index in [1.54, 1.807) is 24.3 Å². The maximum absolute atomic E-state index is 13.7. The molecule has 0 aromatic heterocycles.